The number of amides is 1. The maximum absolute atomic E-state index is 13.2. The van der Waals surface area contributed by atoms with Crippen LogP contribution < -0.4 is 20.1 Å². The summed E-state index contributed by atoms with van der Waals surface area (Å²) in [4.78, 5) is 12.1. The van der Waals surface area contributed by atoms with E-state index in [0.717, 1.165) is 11.4 Å². The van der Waals surface area contributed by atoms with E-state index < -0.39 is 0 Å². The number of carbonyl (C=O) groups is 1. The Labute approximate surface area is 163 Å². The SMILES string of the molecule is COc1ccc(OC)c(Nc2ccc(NC(=O)Cc3cccc(F)c3)cc2)c1. The maximum atomic E-state index is 13.2. The summed E-state index contributed by atoms with van der Waals surface area (Å²) < 4.78 is 23.8. The van der Waals surface area contributed by atoms with Gasteiger partial charge in [-0.1, -0.05) is 12.1 Å². The average Bonchev–Trinajstić information content (AvgIpc) is 2.69. The van der Waals surface area contributed by atoms with Gasteiger partial charge >= 0.3 is 0 Å². The molecule has 0 atom stereocenters. The van der Waals surface area contributed by atoms with Crippen LogP contribution in [0.3, 0.4) is 0 Å². The lowest BCUT2D eigenvalue weighted by Crippen LogP contribution is -2.14. The number of anilines is 3. The van der Waals surface area contributed by atoms with Crippen molar-refractivity contribution < 1.29 is 18.7 Å². The van der Waals surface area contributed by atoms with Crippen LogP contribution in [0.2, 0.25) is 0 Å². The Morgan fingerprint density at radius 1 is 0.929 bits per heavy atom. The Bertz CT molecular complexity index is 958. The molecule has 0 unspecified atom stereocenters. The van der Waals surface area contributed by atoms with Crippen LogP contribution in [0.4, 0.5) is 21.5 Å². The molecule has 0 aromatic heterocycles. The molecule has 0 aliphatic rings. The maximum Gasteiger partial charge on any atom is 0.228 e. The fourth-order valence-electron chi connectivity index (χ4n) is 2.74. The molecule has 0 radical (unpaired) electrons. The quantitative estimate of drug-likeness (QED) is 0.620. The third kappa shape index (κ3) is 5.01. The number of carbonyl (C=O) groups excluding carboxylic acids is 1. The minimum atomic E-state index is -0.353. The number of halogens is 1. The van der Waals surface area contributed by atoms with Crippen LogP contribution >= 0.6 is 0 Å². The van der Waals surface area contributed by atoms with Gasteiger partial charge in [-0.05, 0) is 54.1 Å². The molecule has 0 spiro atoms. The van der Waals surface area contributed by atoms with E-state index in [1.807, 2.05) is 30.3 Å². The van der Waals surface area contributed by atoms with Crippen LogP contribution in [0.1, 0.15) is 5.56 Å². The van der Waals surface area contributed by atoms with Gasteiger partial charge in [-0.2, -0.15) is 0 Å². The van der Waals surface area contributed by atoms with Gasteiger partial charge in [-0.15, -0.1) is 0 Å². The van der Waals surface area contributed by atoms with E-state index in [4.69, 9.17) is 9.47 Å². The summed E-state index contributed by atoms with van der Waals surface area (Å²) in [7, 11) is 3.21. The van der Waals surface area contributed by atoms with Gasteiger partial charge in [0.05, 0.1) is 26.3 Å². The number of hydrogen-bond donors (Lipinski definition) is 2. The Morgan fingerprint density at radius 2 is 1.68 bits per heavy atom. The van der Waals surface area contributed by atoms with Crippen molar-refractivity contribution in [3.05, 3.63) is 78.1 Å². The first kappa shape index (κ1) is 19.2. The van der Waals surface area contributed by atoms with Gasteiger partial charge in [0.1, 0.15) is 17.3 Å². The molecular weight excluding hydrogens is 359 g/mol. The van der Waals surface area contributed by atoms with Crippen LogP contribution in [0.15, 0.2) is 66.7 Å². The summed E-state index contributed by atoms with van der Waals surface area (Å²) >= 11 is 0. The number of ether oxygens (including phenoxy) is 2. The van der Waals surface area contributed by atoms with Crippen molar-refractivity contribution in [3.8, 4) is 11.5 Å². The number of methoxy groups -OCH3 is 2. The summed E-state index contributed by atoms with van der Waals surface area (Å²) in [6.07, 6.45) is 0.110. The highest BCUT2D eigenvalue weighted by Crippen LogP contribution is 2.31. The van der Waals surface area contributed by atoms with Gasteiger partial charge in [0, 0.05) is 17.4 Å². The predicted molar refractivity (Wildman–Crippen MR) is 108 cm³/mol. The Kier molecular flexibility index (Phi) is 6.11. The molecular formula is C22H21FN2O3. The summed E-state index contributed by atoms with van der Waals surface area (Å²) in [6, 6.07) is 18.8. The lowest BCUT2D eigenvalue weighted by Gasteiger charge is -2.13. The first-order valence-corrected chi connectivity index (χ1v) is 8.71. The second-order valence-corrected chi connectivity index (χ2v) is 6.12. The van der Waals surface area contributed by atoms with E-state index in [1.54, 1.807) is 38.5 Å². The Morgan fingerprint density at radius 3 is 2.36 bits per heavy atom. The van der Waals surface area contributed by atoms with Crippen molar-refractivity contribution in [2.75, 3.05) is 24.9 Å². The van der Waals surface area contributed by atoms with Gasteiger partial charge in [0.2, 0.25) is 5.91 Å². The summed E-state index contributed by atoms with van der Waals surface area (Å²) in [5.41, 5.74) is 2.88. The predicted octanol–water partition coefficient (Wildman–Crippen LogP) is 4.77. The smallest absolute Gasteiger partial charge is 0.228 e. The Hall–Kier alpha value is -3.54. The lowest BCUT2D eigenvalue weighted by atomic mass is 10.1. The fraction of sp³-hybridized carbons (Fsp3) is 0.136. The number of hydrogen-bond acceptors (Lipinski definition) is 4. The molecule has 0 saturated heterocycles. The van der Waals surface area contributed by atoms with Crippen LogP contribution in [0.25, 0.3) is 0 Å². The van der Waals surface area contributed by atoms with E-state index in [1.165, 1.54) is 12.1 Å². The van der Waals surface area contributed by atoms with Crippen LogP contribution in [0.5, 0.6) is 11.5 Å². The van der Waals surface area contributed by atoms with Gasteiger partial charge in [0.15, 0.2) is 0 Å². The van der Waals surface area contributed by atoms with Crippen LogP contribution in [0, 0.1) is 5.82 Å². The molecule has 6 heteroatoms. The number of rotatable bonds is 7. The first-order chi connectivity index (χ1) is 13.6. The summed E-state index contributed by atoms with van der Waals surface area (Å²) in [5.74, 6) is 0.840. The number of benzene rings is 3. The second-order valence-electron chi connectivity index (χ2n) is 6.12. The molecule has 28 heavy (non-hydrogen) atoms. The molecule has 3 rings (SSSR count). The van der Waals surface area contributed by atoms with Gasteiger partial charge < -0.3 is 20.1 Å². The zero-order chi connectivity index (χ0) is 19.9. The standard InChI is InChI=1S/C22H21FN2O3/c1-27-19-10-11-21(28-2)20(14-19)24-17-6-8-18(9-7-17)25-22(26)13-15-4-3-5-16(23)12-15/h3-12,14,24H,13H2,1-2H3,(H,25,26). The van der Waals surface area contributed by atoms with Gasteiger partial charge in [-0.3, -0.25) is 4.79 Å². The first-order valence-electron chi connectivity index (χ1n) is 8.71. The molecule has 0 aliphatic carbocycles. The molecule has 0 fully saturated rings. The zero-order valence-corrected chi connectivity index (χ0v) is 15.7. The van der Waals surface area contributed by atoms with Gasteiger partial charge in [0.25, 0.3) is 0 Å². The molecule has 0 heterocycles. The van der Waals surface area contributed by atoms with Crippen molar-refractivity contribution in [2.24, 2.45) is 0 Å². The molecule has 0 saturated carbocycles. The molecule has 2 N–H and O–H groups in total. The second kappa shape index (κ2) is 8.90. The van der Waals surface area contributed by atoms with Crippen molar-refractivity contribution >= 4 is 23.0 Å². The van der Waals surface area contributed by atoms with Crippen molar-refractivity contribution in [3.63, 3.8) is 0 Å². The minimum absolute atomic E-state index is 0.110. The topological polar surface area (TPSA) is 59.6 Å². The number of nitrogens with one attached hydrogen (secondary N) is 2. The van der Waals surface area contributed by atoms with E-state index in [-0.39, 0.29) is 18.1 Å². The highest BCUT2D eigenvalue weighted by molar-refractivity contribution is 5.92. The highest BCUT2D eigenvalue weighted by atomic mass is 19.1. The van der Waals surface area contributed by atoms with Crippen LogP contribution in [-0.4, -0.2) is 20.1 Å². The molecule has 5 nitrogen and oxygen atoms in total. The average molecular weight is 380 g/mol. The van der Waals surface area contributed by atoms with E-state index in [0.29, 0.717) is 22.7 Å². The molecule has 1 amide bonds. The third-order valence-electron chi connectivity index (χ3n) is 4.11. The van der Waals surface area contributed by atoms with E-state index >= 15 is 0 Å². The Balaban J connectivity index is 1.64. The normalized spacial score (nSPS) is 10.2. The highest BCUT2D eigenvalue weighted by Gasteiger charge is 2.07. The summed E-state index contributed by atoms with van der Waals surface area (Å²) in [5, 5.41) is 6.07. The van der Waals surface area contributed by atoms with Crippen molar-refractivity contribution in [1.82, 2.24) is 0 Å². The molecule has 0 bridgehead atoms. The largest absolute Gasteiger partial charge is 0.497 e. The van der Waals surface area contributed by atoms with Gasteiger partial charge in [-0.25, -0.2) is 4.39 Å². The zero-order valence-electron chi connectivity index (χ0n) is 15.7. The van der Waals surface area contributed by atoms with Crippen LogP contribution in [-0.2, 0) is 11.2 Å². The molecule has 144 valence electrons. The van der Waals surface area contributed by atoms with E-state index in [2.05, 4.69) is 10.6 Å². The van der Waals surface area contributed by atoms with Crippen molar-refractivity contribution in [2.45, 2.75) is 6.42 Å². The van der Waals surface area contributed by atoms with E-state index in [9.17, 15) is 9.18 Å². The monoisotopic (exact) mass is 380 g/mol. The molecule has 3 aromatic carbocycles. The van der Waals surface area contributed by atoms with Crippen molar-refractivity contribution in [1.29, 1.82) is 0 Å². The third-order valence-corrected chi connectivity index (χ3v) is 4.11. The molecule has 3 aromatic rings. The summed E-state index contributed by atoms with van der Waals surface area (Å²) in [6.45, 7) is 0. The fourth-order valence-corrected chi connectivity index (χ4v) is 2.74. The lowest BCUT2D eigenvalue weighted by molar-refractivity contribution is -0.115. The molecule has 0 aliphatic heterocycles. The minimum Gasteiger partial charge on any atom is -0.497 e.